The van der Waals surface area contributed by atoms with Gasteiger partial charge in [-0.25, -0.2) is 0 Å². The monoisotopic (exact) mass is 363 g/mol. The van der Waals surface area contributed by atoms with Crippen molar-refractivity contribution < 1.29 is 4.79 Å². The normalized spacial score (nSPS) is 17.4. The van der Waals surface area contributed by atoms with Crippen LogP contribution in [-0.2, 0) is 0 Å². The van der Waals surface area contributed by atoms with Crippen LogP contribution in [0.3, 0.4) is 0 Å². The highest BCUT2D eigenvalue weighted by Crippen LogP contribution is 2.39. The Bertz CT molecular complexity index is 443. The number of halogens is 2. The van der Waals surface area contributed by atoms with Crippen LogP contribution in [0.25, 0.3) is 0 Å². The molecule has 0 spiro atoms. The summed E-state index contributed by atoms with van der Waals surface area (Å²) in [7, 11) is 0. The maximum Gasteiger partial charge on any atom is 0.252 e. The first-order chi connectivity index (χ1) is 8.00. The Morgan fingerprint density at radius 1 is 1.53 bits per heavy atom. The maximum absolute atomic E-state index is 12.0. The first kappa shape index (κ1) is 13.1. The number of hydrogen-bond acceptors (Lipinski definition) is 1. The van der Waals surface area contributed by atoms with E-state index >= 15 is 0 Å². The van der Waals surface area contributed by atoms with Crippen LogP contribution in [0.15, 0.2) is 18.2 Å². The second-order valence-corrected chi connectivity index (χ2v) is 6.57. The molecule has 1 aliphatic rings. The van der Waals surface area contributed by atoms with Gasteiger partial charge in [0.25, 0.3) is 5.91 Å². The molecule has 1 fully saturated rings. The summed E-state index contributed by atoms with van der Waals surface area (Å²) in [6, 6.07) is 5.39. The second kappa shape index (κ2) is 5.14. The lowest BCUT2D eigenvalue weighted by molar-refractivity contribution is 0.0890. The van der Waals surface area contributed by atoms with E-state index in [1.54, 1.807) is 12.1 Å². The molecule has 0 aliphatic heterocycles. The zero-order valence-electron chi connectivity index (χ0n) is 9.72. The predicted molar refractivity (Wildman–Crippen MR) is 78.5 cm³/mol. The van der Waals surface area contributed by atoms with E-state index in [4.69, 9.17) is 11.6 Å². The Morgan fingerprint density at radius 2 is 2.24 bits per heavy atom. The van der Waals surface area contributed by atoms with Crippen LogP contribution in [0.5, 0.6) is 0 Å². The van der Waals surface area contributed by atoms with E-state index in [0.29, 0.717) is 16.0 Å². The van der Waals surface area contributed by atoms with Gasteiger partial charge in [-0.15, -0.1) is 0 Å². The summed E-state index contributed by atoms with van der Waals surface area (Å²) in [5.41, 5.74) is 0.973. The van der Waals surface area contributed by atoms with Gasteiger partial charge in [-0.1, -0.05) is 24.9 Å². The van der Waals surface area contributed by atoms with Crippen LogP contribution in [0.4, 0.5) is 0 Å². The minimum Gasteiger partial charge on any atom is -0.351 e. The van der Waals surface area contributed by atoms with Gasteiger partial charge in [0.1, 0.15) is 0 Å². The maximum atomic E-state index is 12.0. The van der Waals surface area contributed by atoms with Crippen molar-refractivity contribution in [3.63, 3.8) is 0 Å². The molecule has 1 N–H and O–H groups in total. The third-order valence-corrected chi connectivity index (χ3v) is 4.59. The predicted octanol–water partition coefficient (Wildman–Crippen LogP) is 3.86. The lowest BCUT2D eigenvalue weighted by Gasteiger charge is -2.38. The summed E-state index contributed by atoms with van der Waals surface area (Å²) in [5, 5.41) is 3.61. The van der Waals surface area contributed by atoms with Gasteiger partial charge < -0.3 is 5.32 Å². The molecule has 0 radical (unpaired) electrons. The zero-order valence-corrected chi connectivity index (χ0v) is 12.6. The van der Waals surface area contributed by atoms with Crippen molar-refractivity contribution in [2.24, 2.45) is 5.41 Å². The summed E-state index contributed by atoms with van der Waals surface area (Å²) >= 11 is 8.06. The smallest absolute Gasteiger partial charge is 0.252 e. The average Bonchev–Trinajstić information content (AvgIpc) is 2.26. The Morgan fingerprint density at radius 3 is 2.82 bits per heavy atom. The number of carbonyl (C=O) groups excluding carboxylic acids is 1. The van der Waals surface area contributed by atoms with E-state index in [-0.39, 0.29) is 5.91 Å². The molecule has 0 atom stereocenters. The molecule has 0 bridgehead atoms. The highest BCUT2D eigenvalue weighted by molar-refractivity contribution is 14.1. The minimum absolute atomic E-state index is 0.0231. The van der Waals surface area contributed by atoms with Gasteiger partial charge in [0.05, 0.1) is 5.56 Å². The van der Waals surface area contributed by atoms with Crippen LogP contribution >= 0.6 is 34.2 Å². The fourth-order valence-electron chi connectivity index (χ4n) is 2.02. The van der Waals surface area contributed by atoms with Crippen molar-refractivity contribution in [1.29, 1.82) is 0 Å². The van der Waals surface area contributed by atoms with Crippen LogP contribution < -0.4 is 5.32 Å². The third kappa shape index (κ3) is 3.13. The zero-order chi connectivity index (χ0) is 12.5. The molecule has 0 unspecified atom stereocenters. The molecule has 2 nitrogen and oxygen atoms in total. The Balaban J connectivity index is 2.01. The molecular weight excluding hydrogens is 349 g/mol. The number of nitrogens with one attached hydrogen (secondary N) is 1. The van der Waals surface area contributed by atoms with Gasteiger partial charge >= 0.3 is 0 Å². The molecular formula is C13H15ClINO. The molecule has 1 aromatic rings. The quantitative estimate of drug-likeness (QED) is 0.812. The second-order valence-electron chi connectivity index (χ2n) is 4.97. The summed E-state index contributed by atoms with van der Waals surface area (Å²) < 4.78 is 0.934. The molecule has 92 valence electrons. The molecule has 2 rings (SSSR count). The van der Waals surface area contributed by atoms with Crippen LogP contribution in [0, 0.1) is 8.99 Å². The van der Waals surface area contributed by atoms with E-state index in [9.17, 15) is 4.79 Å². The Hall–Kier alpha value is -0.290. The van der Waals surface area contributed by atoms with Crippen LogP contribution in [0.1, 0.15) is 36.5 Å². The first-order valence-corrected chi connectivity index (χ1v) is 7.19. The molecule has 1 aromatic carbocycles. The van der Waals surface area contributed by atoms with Crippen molar-refractivity contribution >= 4 is 40.1 Å². The van der Waals surface area contributed by atoms with Crippen molar-refractivity contribution in [2.75, 3.05) is 6.54 Å². The molecule has 0 saturated heterocycles. The van der Waals surface area contributed by atoms with Crippen molar-refractivity contribution in [3.05, 3.63) is 32.4 Å². The molecule has 0 heterocycles. The van der Waals surface area contributed by atoms with Gasteiger partial charge in [0.15, 0.2) is 0 Å². The van der Waals surface area contributed by atoms with E-state index in [2.05, 4.69) is 34.8 Å². The fraction of sp³-hybridized carbons (Fsp3) is 0.462. The van der Waals surface area contributed by atoms with Gasteiger partial charge in [-0.3, -0.25) is 4.79 Å². The van der Waals surface area contributed by atoms with E-state index in [1.807, 2.05) is 6.07 Å². The van der Waals surface area contributed by atoms with Crippen molar-refractivity contribution in [3.8, 4) is 0 Å². The number of carbonyl (C=O) groups is 1. The number of hydrogen-bond donors (Lipinski definition) is 1. The van der Waals surface area contributed by atoms with Crippen LogP contribution in [-0.4, -0.2) is 12.5 Å². The summed E-state index contributed by atoms with van der Waals surface area (Å²) in [6.07, 6.45) is 3.70. The number of amides is 1. The topological polar surface area (TPSA) is 29.1 Å². The van der Waals surface area contributed by atoms with Crippen molar-refractivity contribution in [1.82, 2.24) is 5.32 Å². The van der Waals surface area contributed by atoms with Crippen molar-refractivity contribution in [2.45, 2.75) is 26.2 Å². The molecule has 1 aliphatic carbocycles. The summed E-state index contributed by atoms with van der Waals surface area (Å²) in [5.74, 6) is -0.0231. The SMILES string of the molecule is CC1(CNC(=O)c2cc(Cl)ccc2I)CCC1. The molecule has 1 saturated carbocycles. The standard InChI is InChI=1S/C13H15ClINO/c1-13(5-2-6-13)8-16-12(17)10-7-9(14)3-4-11(10)15/h3-4,7H,2,5-6,8H2,1H3,(H,16,17). The molecule has 0 aromatic heterocycles. The van der Waals surface area contributed by atoms with Gasteiger partial charge in [-0.05, 0) is 59.0 Å². The van der Waals surface area contributed by atoms with Crippen LogP contribution in [0.2, 0.25) is 5.02 Å². The summed E-state index contributed by atoms with van der Waals surface area (Å²) in [6.45, 7) is 2.98. The van der Waals surface area contributed by atoms with Gasteiger partial charge in [0, 0.05) is 15.1 Å². The third-order valence-electron chi connectivity index (χ3n) is 3.41. The summed E-state index contributed by atoms with van der Waals surface area (Å²) in [4.78, 5) is 12.0. The molecule has 1 amide bonds. The molecule has 4 heteroatoms. The number of rotatable bonds is 3. The van der Waals surface area contributed by atoms with Gasteiger partial charge in [0.2, 0.25) is 0 Å². The van der Waals surface area contributed by atoms with Gasteiger partial charge in [-0.2, -0.15) is 0 Å². The van der Waals surface area contributed by atoms with E-state index in [1.165, 1.54) is 19.3 Å². The highest BCUT2D eigenvalue weighted by atomic mass is 127. The lowest BCUT2D eigenvalue weighted by atomic mass is 9.70. The minimum atomic E-state index is -0.0231. The Labute approximate surface area is 120 Å². The lowest BCUT2D eigenvalue weighted by Crippen LogP contribution is -2.40. The average molecular weight is 364 g/mol. The van der Waals surface area contributed by atoms with E-state index in [0.717, 1.165) is 10.1 Å². The Kier molecular flexibility index (Phi) is 3.98. The fourth-order valence-corrected chi connectivity index (χ4v) is 2.77. The van der Waals surface area contributed by atoms with E-state index < -0.39 is 0 Å². The highest BCUT2D eigenvalue weighted by Gasteiger charge is 2.32. The first-order valence-electron chi connectivity index (χ1n) is 5.73. The largest absolute Gasteiger partial charge is 0.351 e. The molecule has 17 heavy (non-hydrogen) atoms. The number of benzene rings is 1.